The third-order valence-electron chi connectivity index (χ3n) is 4.92. The molecular weight excluding hydrogens is 392 g/mol. The van der Waals surface area contributed by atoms with Crippen molar-refractivity contribution in [1.82, 2.24) is 0 Å². The van der Waals surface area contributed by atoms with Crippen LogP contribution >= 0.6 is 0 Å². The summed E-state index contributed by atoms with van der Waals surface area (Å²) in [7, 11) is -4.13. The number of benzene rings is 2. The van der Waals surface area contributed by atoms with Crippen LogP contribution in [0.3, 0.4) is 0 Å². The molecule has 1 heterocycles. The molecule has 0 unspecified atom stereocenters. The van der Waals surface area contributed by atoms with Gasteiger partial charge in [-0.3, -0.25) is 10.1 Å². The molecule has 2 aromatic carbocycles. The van der Waals surface area contributed by atoms with Gasteiger partial charge in [0.15, 0.2) is 11.6 Å². The molecule has 28 heavy (non-hydrogen) atoms. The number of piperidine rings is 1. The van der Waals surface area contributed by atoms with Gasteiger partial charge in [-0.25, -0.2) is 22.3 Å². The van der Waals surface area contributed by atoms with Crippen molar-refractivity contribution in [2.24, 2.45) is 11.1 Å². The van der Waals surface area contributed by atoms with Gasteiger partial charge in [0.2, 0.25) is 10.0 Å². The molecular formula is C18H19F2N3O4S. The molecule has 10 heteroatoms. The molecule has 1 aliphatic rings. The van der Waals surface area contributed by atoms with Gasteiger partial charge in [-0.1, -0.05) is 6.07 Å². The van der Waals surface area contributed by atoms with Crippen molar-refractivity contribution in [2.75, 3.05) is 18.0 Å². The van der Waals surface area contributed by atoms with Gasteiger partial charge in [0, 0.05) is 25.2 Å². The van der Waals surface area contributed by atoms with Crippen LogP contribution < -0.4 is 10.0 Å². The summed E-state index contributed by atoms with van der Waals surface area (Å²) in [4.78, 5) is 11.8. The van der Waals surface area contributed by atoms with Crippen LogP contribution in [0.4, 0.5) is 20.2 Å². The molecule has 7 nitrogen and oxygen atoms in total. The Kier molecular flexibility index (Phi) is 5.61. The van der Waals surface area contributed by atoms with E-state index in [9.17, 15) is 27.3 Å². The predicted octanol–water partition coefficient (Wildman–Crippen LogP) is 2.98. The van der Waals surface area contributed by atoms with Gasteiger partial charge in [-0.05, 0) is 48.9 Å². The van der Waals surface area contributed by atoms with Crippen LogP contribution in [0.25, 0.3) is 0 Å². The summed E-state index contributed by atoms with van der Waals surface area (Å²) >= 11 is 0. The number of nitrogens with zero attached hydrogens (tertiary/aromatic N) is 2. The highest BCUT2D eigenvalue weighted by Crippen LogP contribution is 2.32. The first-order valence-corrected chi connectivity index (χ1v) is 10.2. The molecule has 0 atom stereocenters. The zero-order valence-electron chi connectivity index (χ0n) is 14.8. The largest absolute Gasteiger partial charge is 0.370 e. The number of nitro benzene ring substituents is 1. The van der Waals surface area contributed by atoms with E-state index in [1.165, 1.54) is 18.2 Å². The SMILES string of the molecule is NS(=O)(=O)c1cc([N+](=O)[O-])ccc1N1CCC(Cc2ccc(F)c(F)c2)CC1. The van der Waals surface area contributed by atoms with Crippen molar-refractivity contribution in [2.45, 2.75) is 24.2 Å². The van der Waals surface area contributed by atoms with Crippen LogP contribution in [0, 0.1) is 27.7 Å². The molecule has 0 radical (unpaired) electrons. The fourth-order valence-electron chi connectivity index (χ4n) is 3.48. The number of anilines is 1. The molecule has 3 rings (SSSR count). The molecule has 0 spiro atoms. The first kappa shape index (κ1) is 20.2. The van der Waals surface area contributed by atoms with Crippen molar-refractivity contribution in [3.05, 3.63) is 63.7 Å². The molecule has 0 aromatic heterocycles. The zero-order valence-corrected chi connectivity index (χ0v) is 15.7. The van der Waals surface area contributed by atoms with E-state index in [2.05, 4.69) is 0 Å². The Morgan fingerprint density at radius 3 is 2.36 bits per heavy atom. The zero-order chi connectivity index (χ0) is 20.5. The minimum Gasteiger partial charge on any atom is -0.370 e. The number of non-ortho nitro benzene ring substituents is 1. The van der Waals surface area contributed by atoms with Crippen LogP contribution in [0.2, 0.25) is 0 Å². The predicted molar refractivity (Wildman–Crippen MR) is 99.5 cm³/mol. The molecule has 150 valence electrons. The van der Waals surface area contributed by atoms with Gasteiger partial charge in [-0.2, -0.15) is 0 Å². The Hall–Kier alpha value is -2.59. The Bertz CT molecular complexity index is 1010. The van der Waals surface area contributed by atoms with Gasteiger partial charge in [0.1, 0.15) is 4.90 Å². The van der Waals surface area contributed by atoms with Crippen LogP contribution in [0.1, 0.15) is 18.4 Å². The highest BCUT2D eigenvalue weighted by molar-refractivity contribution is 7.89. The lowest BCUT2D eigenvalue weighted by Crippen LogP contribution is -2.35. The normalized spacial score (nSPS) is 15.6. The van der Waals surface area contributed by atoms with Crippen LogP contribution in [-0.2, 0) is 16.4 Å². The summed E-state index contributed by atoms with van der Waals surface area (Å²) in [5.41, 5.74) is 0.693. The first-order valence-electron chi connectivity index (χ1n) is 8.65. The molecule has 1 saturated heterocycles. The summed E-state index contributed by atoms with van der Waals surface area (Å²) in [5.74, 6) is -1.53. The summed E-state index contributed by atoms with van der Waals surface area (Å²) < 4.78 is 50.2. The Morgan fingerprint density at radius 2 is 1.79 bits per heavy atom. The first-order chi connectivity index (χ1) is 13.1. The highest BCUT2D eigenvalue weighted by atomic mass is 32.2. The number of primary sulfonamides is 1. The van der Waals surface area contributed by atoms with Gasteiger partial charge in [-0.15, -0.1) is 0 Å². The highest BCUT2D eigenvalue weighted by Gasteiger charge is 2.26. The average molecular weight is 411 g/mol. The fraction of sp³-hybridized carbons (Fsp3) is 0.333. The van der Waals surface area contributed by atoms with E-state index in [4.69, 9.17) is 5.14 Å². The van der Waals surface area contributed by atoms with E-state index in [1.807, 2.05) is 4.90 Å². The van der Waals surface area contributed by atoms with Crippen molar-refractivity contribution >= 4 is 21.4 Å². The van der Waals surface area contributed by atoms with Crippen molar-refractivity contribution in [3.63, 3.8) is 0 Å². The smallest absolute Gasteiger partial charge is 0.270 e. The van der Waals surface area contributed by atoms with E-state index in [0.29, 0.717) is 43.6 Å². The van der Waals surface area contributed by atoms with E-state index < -0.39 is 26.6 Å². The van der Waals surface area contributed by atoms with Crippen molar-refractivity contribution < 1.29 is 22.1 Å². The van der Waals surface area contributed by atoms with Crippen LogP contribution in [0.15, 0.2) is 41.3 Å². The van der Waals surface area contributed by atoms with E-state index in [1.54, 1.807) is 6.07 Å². The number of halogens is 2. The minimum absolute atomic E-state index is 0.233. The van der Waals surface area contributed by atoms with Crippen LogP contribution in [-0.4, -0.2) is 26.4 Å². The van der Waals surface area contributed by atoms with Gasteiger partial charge in [0.25, 0.3) is 5.69 Å². The van der Waals surface area contributed by atoms with Gasteiger partial charge >= 0.3 is 0 Å². The Balaban J connectivity index is 1.74. The minimum atomic E-state index is -4.13. The maximum absolute atomic E-state index is 13.4. The summed E-state index contributed by atoms with van der Waals surface area (Å²) in [5, 5.41) is 16.2. The summed E-state index contributed by atoms with van der Waals surface area (Å²) in [6, 6.07) is 7.47. The second kappa shape index (κ2) is 7.80. The molecule has 0 amide bonds. The summed E-state index contributed by atoms with van der Waals surface area (Å²) in [6.07, 6.45) is 2.01. The topological polar surface area (TPSA) is 107 Å². The van der Waals surface area contributed by atoms with E-state index in [-0.39, 0.29) is 16.5 Å². The Morgan fingerprint density at radius 1 is 1.11 bits per heavy atom. The fourth-order valence-corrected chi connectivity index (χ4v) is 4.26. The lowest BCUT2D eigenvalue weighted by atomic mass is 9.90. The molecule has 0 saturated carbocycles. The van der Waals surface area contributed by atoms with E-state index in [0.717, 1.165) is 12.1 Å². The lowest BCUT2D eigenvalue weighted by Gasteiger charge is -2.34. The second-order valence-electron chi connectivity index (χ2n) is 6.84. The second-order valence-corrected chi connectivity index (χ2v) is 8.37. The Labute approximate surface area is 161 Å². The molecule has 1 aliphatic heterocycles. The molecule has 0 aliphatic carbocycles. The molecule has 2 aromatic rings. The molecule has 0 bridgehead atoms. The quantitative estimate of drug-likeness (QED) is 0.601. The summed E-state index contributed by atoms with van der Waals surface area (Å²) in [6.45, 7) is 1.04. The average Bonchev–Trinajstić information content (AvgIpc) is 2.64. The lowest BCUT2D eigenvalue weighted by molar-refractivity contribution is -0.385. The van der Waals surface area contributed by atoms with E-state index >= 15 is 0 Å². The van der Waals surface area contributed by atoms with Crippen LogP contribution in [0.5, 0.6) is 0 Å². The number of hydrogen-bond donors (Lipinski definition) is 1. The number of sulfonamides is 1. The maximum atomic E-state index is 13.4. The number of nitrogens with two attached hydrogens (primary N) is 1. The van der Waals surface area contributed by atoms with Gasteiger partial charge in [0.05, 0.1) is 10.6 Å². The molecule has 2 N–H and O–H groups in total. The third-order valence-corrected chi connectivity index (χ3v) is 5.86. The molecule has 1 fully saturated rings. The maximum Gasteiger partial charge on any atom is 0.270 e. The third kappa shape index (κ3) is 4.45. The number of hydrogen-bond acceptors (Lipinski definition) is 5. The number of rotatable bonds is 5. The number of nitro groups is 1. The van der Waals surface area contributed by atoms with Crippen molar-refractivity contribution in [1.29, 1.82) is 0 Å². The van der Waals surface area contributed by atoms with Crippen molar-refractivity contribution in [3.8, 4) is 0 Å². The monoisotopic (exact) mass is 411 g/mol. The standard InChI is InChI=1S/C18H19F2N3O4S/c19-15-3-1-13(10-16(15)20)9-12-5-7-22(8-6-12)17-4-2-14(23(24)25)11-18(17)28(21,26)27/h1-4,10-12H,5-9H2,(H2,21,26,27). The van der Waals surface area contributed by atoms with Gasteiger partial charge < -0.3 is 4.90 Å².